The van der Waals surface area contributed by atoms with Crippen molar-refractivity contribution < 1.29 is 13.9 Å². The minimum Gasteiger partial charge on any atom is -0.402 e. The summed E-state index contributed by atoms with van der Waals surface area (Å²) >= 11 is 0. The first-order valence-electron chi connectivity index (χ1n) is 8.89. The molecule has 0 saturated carbocycles. The summed E-state index contributed by atoms with van der Waals surface area (Å²) in [7, 11) is 0. The standard InChI is InChI=1S/C24H14FNO2/c25-21-12-6-5-11-19(21)23-26-22(24(27)28-23)14-20-17-9-3-1-7-15(17)13-16-8-2-4-10-18(16)20/h1-14H/b22-14+. The molecule has 134 valence electrons. The van der Waals surface area contributed by atoms with E-state index in [9.17, 15) is 9.18 Å². The number of halogens is 1. The van der Waals surface area contributed by atoms with Crippen LogP contribution in [-0.4, -0.2) is 11.9 Å². The number of hydrogen-bond acceptors (Lipinski definition) is 3. The first-order valence-corrected chi connectivity index (χ1v) is 8.89. The molecule has 0 aliphatic carbocycles. The van der Waals surface area contributed by atoms with E-state index < -0.39 is 11.8 Å². The second-order valence-electron chi connectivity index (χ2n) is 6.55. The fraction of sp³-hybridized carbons (Fsp3) is 0. The third kappa shape index (κ3) is 2.67. The fourth-order valence-corrected chi connectivity index (χ4v) is 3.50. The normalized spacial score (nSPS) is 15.2. The average molecular weight is 367 g/mol. The molecular formula is C24H14FNO2. The lowest BCUT2D eigenvalue weighted by Crippen LogP contribution is -2.07. The molecule has 28 heavy (non-hydrogen) atoms. The molecule has 0 aromatic heterocycles. The van der Waals surface area contributed by atoms with Gasteiger partial charge in [-0.15, -0.1) is 0 Å². The van der Waals surface area contributed by atoms with Crippen molar-refractivity contribution in [1.82, 2.24) is 0 Å². The van der Waals surface area contributed by atoms with E-state index in [1.54, 1.807) is 18.2 Å². The Morgan fingerprint density at radius 1 is 0.821 bits per heavy atom. The van der Waals surface area contributed by atoms with Gasteiger partial charge in [-0.2, -0.15) is 0 Å². The van der Waals surface area contributed by atoms with Gasteiger partial charge in [0.05, 0.1) is 5.56 Å². The first kappa shape index (κ1) is 16.4. The van der Waals surface area contributed by atoms with Crippen molar-refractivity contribution >= 4 is 39.5 Å². The second-order valence-corrected chi connectivity index (χ2v) is 6.55. The first-order chi connectivity index (χ1) is 13.7. The van der Waals surface area contributed by atoms with Gasteiger partial charge in [0.1, 0.15) is 5.82 Å². The average Bonchev–Trinajstić information content (AvgIpc) is 3.08. The number of aliphatic imine (C=N–C) groups is 1. The summed E-state index contributed by atoms with van der Waals surface area (Å²) in [6.07, 6.45) is 1.72. The zero-order chi connectivity index (χ0) is 19.1. The van der Waals surface area contributed by atoms with Gasteiger partial charge < -0.3 is 4.74 Å². The van der Waals surface area contributed by atoms with Gasteiger partial charge in [-0.1, -0.05) is 60.7 Å². The van der Waals surface area contributed by atoms with E-state index in [1.807, 2.05) is 48.5 Å². The number of cyclic esters (lactones) is 1. The van der Waals surface area contributed by atoms with Crippen molar-refractivity contribution in [2.75, 3.05) is 0 Å². The van der Waals surface area contributed by atoms with Crippen LogP contribution in [0.5, 0.6) is 0 Å². The summed E-state index contributed by atoms with van der Waals surface area (Å²) in [4.78, 5) is 16.7. The molecule has 0 N–H and O–H groups in total. The van der Waals surface area contributed by atoms with E-state index in [2.05, 4.69) is 11.1 Å². The minimum absolute atomic E-state index is 0.0149. The molecule has 0 bridgehead atoms. The number of esters is 1. The second kappa shape index (κ2) is 6.43. The largest absolute Gasteiger partial charge is 0.402 e. The Bertz CT molecular complexity index is 1270. The van der Waals surface area contributed by atoms with Crippen LogP contribution in [0.4, 0.5) is 4.39 Å². The van der Waals surface area contributed by atoms with Crippen molar-refractivity contribution in [3.05, 3.63) is 102 Å². The van der Waals surface area contributed by atoms with Crippen molar-refractivity contribution in [3.63, 3.8) is 0 Å². The SMILES string of the molecule is O=C1OC(c2ccccc2F)=N/C1=C/c1c2ccccc2cc2ccccc12. The molecule has 4 aromatic carbocycles. The summed E-state index contributed by atoms with van der Waals surface area (Å²) in [6, 6.07) is 24.2. The highest BCUT2D eigenvalue weighted by Gasteiger charge is 2.26. The smallest absolute Gasteiger partial charge is 0.363 e. The molecule has 0 spiro atoms. The van der Waals surface area contributed by atoms with Crippen molar-refractivity contribution in [3.8, 4) is 0 Å². The Hall–Kier alpha value is -3.79. The Morgan fingerprint density at radius 2 is 1.43 bits per heavy atom. The van der Waals surface area contributed by atoms with E-state index in [4.69, 9.17) is 4.74 Å². The molecule has 0 fully saturated rings. The van der Waals surface area contributed by atoms with Crippen LogP contribution in [0.2, 0.25) is 0 Å². The van der Waals surface area contributed by atoms with E-state index in [0.29, 0.717) is 0 Å². The van der Waals surface area contributed by atoms with Crippen molar-refractivity contribution in [1.29, 1.82) is 0 Å². The third-order valence-corrected chi connectivity index (χ3v) is 4.82. The summed E-state index contributed by atoms with van der Waals surface area (Å²) in [6.45, 7) is 0. The maximum absolute atomic E-state index is 14.0. The monoisotopic (exact) mass is 367 g/mol. The number of rotatable bonds is 2. The summed E-state index contributed by atoms with van der Waals surface area (Å²) < 4.78 is 19.3. The van der Waals surface area contributed by atoms with Gasteiger partial charge >= 0.3 is 5.97 Å². The van der Waals surface area contributed by atoms with Gasteiger partial charge in [-0.05, 0) is 51.4 Å². The lowest BCUT2D eigenvalue weighted by Gasteiger charge is -2.08. The molecule has 0 atom stereocenters. The number of ether oxygens (including phenoxy) is 1. The van der Waals surface area contributed by atoms with Crippen LogP contribution in [0.25, 0.3) is 27.6 Å². The van der Waals surface area contributed by atoms with Gasteiger partial charge in [-0.25, -0.2) is 14.2 Å². The van der Waals surface area contributed by atoms with E-state index in [1.165, 1.54) is 12.1 Å². The van der Waals surface area contributed by atoms with Crippen LogP contribution < -0.4 is 0 Å². The number of hydrogen-bond donors (Lipinski definition) is 0. The van der Waals surface area contributed by atoms with Crippen molar-refractivity contribution in [2.24, 2.45) is 4.99 Å². The van der Waals surface area contributed by atoms with Gasteiger partial charge in [0, 0.05) is 0 Å². The molecule has 4 aromatic rings. The summed E-state index contributed by atoms with van der Waals surface area (Å²) in [5.74, 6) is -1.08. The quantitative estimate of drug-likeness (QED) is 0.267. The molecule has 1 aliphatic heterocycles. The zero-order valence-corrected chi connectivity index (χ0v) is 14.7. The van der Waals surface area contributed by atoms with Gasteiger partial charge in [0.15, 0.2) is 5.70 Å². The molecule has 0 unspecified atom stereocenters. The molecule has 0 amide bonds. The Morgan fingerprint density at radius 3 is 2.11 bits per heavy atom. The molecule has 5 rings (SSSR count). The Balaban J connectivity index is 1.73. The fourth-order valence-electron chi connectivity index (χ4n) is 3.50. The predicted octanol–water partition coefficient (Wildman–Crippen LogP) is 5.48. The summed E-state index contributed by atoms with van der Waals surface area (Å²) in [5.41, 5.74) is 1.21. The molecule has 3 nitrogen and oxygen atoms in total. The van der Waals surface area contributed by atoms with Crippen LogP contribution in [0.1, 0.15) is 11.1 Å². The Labute approximate surface area is 160 Å². The van der Waals surface area contributed by atoms with E-state index in [-0.39, 0.29) is 17.2 Å². The predicted molar refractivity (Wildman–Crippen MR) is 108 cm³/mol. The molecule has 4 heteroatoms. The Kier molecular flexibility index (Phi) is 3.76. The molecule has 0 radical (unpaired) electrons. The highest BCUT2D eigenvalue weighted by Crippen LogP contribution is 2.31. The number of carbonyl (C=O) groups is 1. The van der Waals surface area contributed by atoms with Crippen molar-refractivity contribution in [2.45, 2.75) is 0 Å². The summed E-state index contributed by atoms with van der Waals surface area (Å²) in [5, 5.41) is 4.16. The maximum Gasteiger partial charge on any atom is 0.363 e. The van der Waals surface area contributed by atoms with Crippen LogP contribution in [0.15, 0.2) is 89.6 Å². The van der Waals surface area contributed by atoms with E-state index >= 15 is 0 Å². The number of carbonyl (C=O) groups excluding carboxylic acids is 1. The highest BCUT2D eigenvalue weighted by molar-refractivity contribution is 6.15. The van der Waals surface area contributed by atoms with Gasteiger partial charge in [0.2, 0.25) is 5.90 Å². The topological polar surface area (TPSA) is 38.7 Å². The van der Waals surface area contributed by atoms with Crippen LogP contribution in [-0.2, 0) is 9.53 Å². The number of fused-ring (bicyclic) bond motifs is 2. The maximum atomic E-state index is 14.0. The number of nitrogens with zero attached hydrogens (tertiary/aromatic N) is 1. The van der Waals surface area contributed by atoms with Crippen LogP contribution >= 0.6 is 0 Å². The molecule has 1 heterocycles. The van der Waals surface area contributed by atoms with Crippen LogP contribution in [0, 0.1) is 5.82 Å². The molecular weight excluding hydrogens is 353 g/mol. The zero-order valence-electron chi connectivity index (χ0n) is 14.7. The lowest BCUT2D eigenvalue weighted by atomic mass is 9.96. The third-order valence-electron chi connectivity index (χ3n) is 4.82. The lowest BCUT2D eigenvalue weighted by molar-refractivity contribution is -0.129. The van der Waals surface area contributed by atoms with Gasteiger partial charge in [-0.3, -0.25) is 0 Å². The van der Waals surface area contributed by atoms with Crippen LogP contribution in [0.3, 0.4) is 0 Å². The molecule has 1 aliphatic rings. The molecule has 0 saturated heterocycles. The minimum atomic E-state index is -0.588. The van der Waals surface area contributed by atoms with E-state index in [0.717, 1.165) is 27.1 Å². The highest BCUT2D eigenvalue weighted by atomic mass is 19.1. The van der Waals surface area contributed by atoms with Gasteiger partial charge in [0.25, 0.3) is 0 Å². The number of benzene rings is 4.